The third-order valence-electron chi connectivity index (χ3n) is 3.34. The highest BCUT2D eigenvalue weighted by molar-refractivity contribution is 9.09. The molecule has 0 saturated heterocycles. The molecule has 0 saturated carbocycles. The predicted molar refractivity (Wildman–Crippen MR) is 85.7 cm³/mol. The van der Waals surface area contributed by atoms with E-state index in [0.29, 0.717) is 11.7 Å². The van der Waals surface area contributed by atoms with Crippen LogP contribution in [0.25, 0.3) is 5.65 Å². The molecule has 0 aliphatic carbocycles. The second kappa shape index (κ2) is 6.06. The topological polar surface area (TPSA) is 59.2 Å². The predicted octanol–water partition coefficient (Wildman–Crippen LogP) is 2.61. The molecule has 7 heteroatoms. The van der Waals surface area contributed by atoms with Gasteiger partial charge in [-0.25, -0.2) is 9.55 Å². The molecule has 0 bridgehead atoms. The number of hydrogen-bond donors (Lipinski definition) is 1. The van der Waals surface area contributed by atoms with Crippen LogP contribution in [0.4, 0.5) is 0 Å². The van der Waals surface area contributed by atoms with Crippen LogP contribution in [-0.2, 0) is 6.54 Å². The standard InChI is InChI=1S/C15H11BrClN3O2/c16-7-11(21)14-15(22)19-6-2-1-3-13(19)20(14)9-10-4-5-12(17)18-8-10/h1-6,8H,7,9H2/p+1. The van der Waals surface area contributed by atoms with E-state index in [2.05, 4.69) is 20.9 Å². The number of aromatic hydroxyl groups is 1. The van der Waals surface area contributed by atoms with Crippen LogP contribution in [0.2, 0.25) is 5.15 Å². The first-order valence-electron chi connectivity index (χ1n) is 6.53. The third kappa shape index (κ3) is 2.60. The van der Waals surface area contributed by atoms with Crippen LogP contribution < -0.4 is 4.40 Å². The first kappa shape index (κ1) is 15.0. The lowest BCUT2D eigenvalue weighted by molar-refractivity contribution is -0.521. The number of carbonyl (C=O) groups excluding carboxylic acids is 1. The quantitative estimate of drug-likeness (QED) is 0.327. The minimum absolute atomic E-state index is 0.0676. The molecule has 3 rings (SSSR count). The van der Waals surface area contributed by atoms with Gasteiger partial charge in [0.2, 0.25) is 5.78 Å². The highest BCUT2D eigenvalue weighted by Gasteiger charge is 2.30. The highest BCUT2D eigenvalue weighted by atomic mass is 79.9. The summed E-state index contributed by atoms with van der Waals surface area (Å²) in [4.78, 5) is 16.2. The summed E-state index contributed by atoms with van der Waals surface area (Å²) in [6, 6.07) is 9.03. The summed E-state index contributed by atoms with van der Waals surface area (Å²) in [5, 5.41) is 10.9. The second-order valence-corrected chi connectivity index (χ2v) is 5.68. The van der Waals surface area contributed by atoms with Gasteiger partial charge in [0.25, 0.3) is 11.3 Å². The maximum Gasteiger partial charge on any atom is 0.339 e. The normalized spacial score (nSPS) is 11.0. The lowest BCUT2D eigenvalue weighted by Gasteiger charge is -2.01. The Hall–Kier alpha value is -1.92. The summed E-state index contributed by atoms with van der Waals surface area (Å²) in [7, 11) is 0. The van der Waals surface area contributed by atoms with Crippen molar-refractivity contribution in [3.05, 3.63) is 59.1 Å². The number of carbonyl (C=O) groups is 1. The van der Waals surface area contributed by atoms with Crippen molar-refractivity contribution < 1.29 is 14.3 Å². The van der Waals surface area contributed by atoms with Gasteiger partial charge in [0, 0.05) is 17.8 Å². The van der Waals surface area contributed by atoms with Gasteiger partial charge in [-0.2, -0.15) is 4.40 Å². The third-order valence-corrected chi connectivity index (χ3v) is 4.07. The van der Waals surface area contributed by atoms with Gasteiger partial charge in [0.15, 0.2) is 0 Å². The smallest absolute Gasteiger partial charge is 0.339 e. The molecule has 0 spiro atoms. The van der Waals surface area contributed by atoms with Crippen LogP contribution in [0.15, 0.2) is 42.7 Å². The average Bonchev–Trinajstić information content (AvgIpc) is 2.82. The molecule has 3 aromatic rings. The summed E-state index contributed by atoms with van der Waals surface area (Å²) in [6.45, 7) is 0.409. The van der Waals surface area contributed by atoms with E-state index in [4.69, 9.17) is 11.6 Å². The Labute approximate surface area is 139 Å². The number of nitrogens with zero attached hydrogens (tertiary/aromatic N) is 3. The monoisotopic (exact) mass is 380 g/mol. The summed E-state index contributed by atoms with van der Waals surface area (Å²) >= 11 is 8.95. The maximum absolute atomic E-state index is 12.2. The lowest BCUT2D eigenvalue weighted by atomic mass is 10.2. The average molecular weight is 382 g/mol. The fourth-order valence-electron chi connectivity index (χ4n) is 2.36. The van der Waals surface area contributed by atoms with Crippen LogP contribution in [0.5, 0.6) is 5.88 Å². The number of rotatable bonds is 4. The minimum atomic E-state index is -0.192. The molecule has 0 amide bonds. The fourth-order valence-corrected chi connectivity index (χ4v) is 2.74. The molecule has 3 aromatic heterocycles. The number of ketones is 1. The van der Waals surface area contributed by atoms with Gasteiger partial charge in [-0.1, -0.05) is 39.7 Å². The SMILES string of the molecule is O=C(CBr)c1c(O)[n+]2ccccc2n1Cc1ccc(Cl)nc1. The number of aromatic nitrogens is 3. The molecule has 3 heterocycles. The van der Waals surface area contributed by atoms with E-state index in [9.17, 15) is 9.90 Å². The highest BCUT2D eigenvalue weighted by Crippen LogP contribution is 2.20. The zero-order chi connectivity index (χ0) is 15.7. The van der Waals surface area contributed by atoms with E-state index in [-0.39, 0.29) is 22.7 Å². The van der Waals surface area contributed by atoms with Crippen LogP contribution >= 0.6 is 27.5 Å². The van der Waals surface area contributed by atoms with Gasteiger partial charge < -0.3 is 5.11 Å². The molecule has 0 aliphatic rings. The zero-order valence-electron chi connectivity index (χ0n) is 11.4. The van der Waals surface area contributed by atoms with E-state index in [1.165, 1.54) is 0 Å². The van der Waals surface area contributed by atoms with E-state index >= 15 is 0 Å². The molecule has 0 atom stereocenters. The van der Waals surface area contributed by atoms with Crippen LogP contribution in [-0.4, -0.2) is 25.8 Å². The van der Waals surface area contributed by atoms with Crippen molar-refractivity contribution in [3.63, 3.8) is 0 Å². The summed E-state index contributed by atoms with van der Waals surface area (Å²) in [6.07, 6.45) is 3.37. The number of Topliss-reactive ketones (excluding diaryl/α,β-unsaturated/α-hetero) is 1. The first-order valence-corrected chi connectivity index (χ1v) is 8.03. The van der Waals surface area contributed by atoms with Gasteiger partial charge in [-0.3, -0.25) is 4.79 Å². The lowest BCUT2D eigenvalue weighted by Crippen LogP contribution is -2.19. The van der Waals surface area contributed by atoms with Crippen molar-refractivity contribution in [2.45, 2.75) is 6.54 Å². The molecular weight excluding hydrogens is 370 g/mol. The summed E-state index contributed by atoms with van der Waals surface area (Å²) in [5.74, 6) is -0.259. The Bertz CT molecular complexity index is 846. The Kier molecular flexibility index (Phi) is 4.13. The number of imidazole rings is 1. The van der Waals surface area contributed by atoms with Crippen molar-refractivity contribution in [2.75, 3.05) is 5.33 Å². The molecule has 0 aromatic carbocycles. The number of pyridine rings is 2. The molecule has 0 unspecified atom stereocenters. The first-order chi connectivity index (χ1) is 10.6. The van der Waals surface area contributed by atoms with Gasteiger partial charge in [-0.05, 0) is 12.1 Å². The maximum atomic E-state index is 12.2. The molecule has 112 valence electrons. The molecule has 1 N–H and O–H groups in total. The van der Waals surface area contributed by atoms with Crippen molar-refractivity contribution in [1.29, 1.82) is 0 Å². The molecule has 5 nitrogen and oxygen atoms in total. The van der Waals surface area contributed by atoms with Crippen molar-refractivity contribution >= 4 is 39.0 Å². The van der Waals surface area contributed by atoms with Crippen LogP contribution in [0.1, 0.15) is 16.1 Å². The Morgan fingerprint density at radius 1 is 1.36 bits per heavy atom. The zero-order valence-corrected chi connectivity index (χ0v) is 13.8. The molecular formula is C15H12BrClN3O2+. The van der Waals surface area contributed by atoms with Crippen molar-refractivity contribution in [3.8, 4) is 5.88 Å². The number of fused-ring (bicyclic) bond motifs is 1. The molecule has 0 radical (unpaired) electrons. The molecule has 0 aliphatic heterocycles. The Balaban J connectivity index is 2.18. The van der Waals surface area contributed by atoms with Gasteiger partial charge in [0.05, 0.1) is 11.5 Å². The van der Waals surface area contributed by atoms with Crippen LogP contribution in [0.3, 0.4) is 0 Å². The number of halogens is 2. The van der Waals surface area contributed by atoms with Crippen LogP contribution in [0, 0.1) is 0 Å². The summed E-state index contributed by atoms with van der Waals surface area (Å²) < 4.78 is 3.35. The Morgan fingerprint density at radius 2 is 2.18 bits per heavy atom. The minimum Gasteiger partial charge on any atom is -0.474 e. The second-order valence-electron chi connectivity index (χ2n) is 4.73. The van der Waals surface area contributed by atoms with Gasteiger partial charge in [-0.15, -0.1) is 0 Å². The van der Waals surface area contributed by atoms with Gasteiger partial charge >= 0.3 is 5.88 Å². The summed E-state index contributed by atoms with van der Waals surface area (Å²) in [5.41, 5.74) is 1.87. The number of hydrogen-bond acceptors (Lipinski definition) is 3. The van der Waals surface area contributed by atoms with E-state index in [1.807, 2.05) is 18.2 Å². The fraction of sp³-hybridized carbons (Fsp3) is 0.133. The largest absolute Gasteiger partial charge is 0.474 e. The van der Waals surface area contributed by atoms with E-state index < -0.39 is 0 Å². The Morgan fingerprint density at radius 3 is 2.86 bits per heavy atom. The molecule has 22 heavy (non-hydrogen) atoms. The van der Waals surface area contributed by atoms with Crippen molar-refractivity contribution in [2.24, 2.45) is 0 Å². The molecule has 0 fully saturated rings. The number of alkyl halides is 1. The van der Waals surface area contributed by atoms with E-state index in [1.54, 1.807) is 33.5 Å². The van der Waals surface area contributed by atoms with E-state index in [0.717, 1.165) is 11.2 Å². The van der Waals surface area contributed by atoms with Gasteiger partial charge in [0.1, 0.15) is 11.7 Å². The van der Waals surface area contributed by atoms with Crippen molar-refractivity contribution in [1.82, 2.24) is 9.55 Å².